The van der Waals surface area contributed by atoms with Crippen molar-refractivity contribution < 1.29 is 63.9 Å². The molecule has 170 valence electrons. The van der Waals surface area contributed by atoms with Gasteiger partial charge in [-0.3, -0.25) is 0 Å². The van der Waals surface area contributed by atoms with E-state index in [0.29, 0.717) is 16.5 Å². The van der Waals surface area contributed by atoms with Crippen molar-refractivity contribution in [3.05, 3.63) is 45.4 Å². The Kier molecular flexibility index (Phi) is 19.7. The number of anilines is 2. The predicted molar refractivity (Wildman–Crippen MR) is 119 cm³/mol. The molecule has 0 aromatic heterocycles. The van der Waals surface area contributed by atoms with E-state index >= 15 is 0 Å². The van der Waals surface area contributed by atoms with Gasteiger partial charge in [-0.2, -0.15) is 0 Å². The number of methoxy groups -OCH3 is 3. The van der Waals surface area contributed by atoms with E-state index in [2.05, 4.69) is 4.74 Å². The summed E-state index contributed by atoms with van der Waals surface area (Å²) in [6.45, 7) is 0. The Hall–Kier alpha value is -1.88. The van der Waals surface area contributed by atoms with Gasteiger partial charge in [-0.15, -0.1) is 0 Å². The molecule has 2 aromatic rings. The largest absolute Gasteiger partial charge is 1.00 e. The zero-order chi connectivity index (χ0) is 20.7. The molecule has 0 aliphatic heterocycles. The van der Waals surface area contributed by atoms with Crippen molar-refractivity contribution in [1.82, 2.24) is 0 Å². The second-order valence-corrected chi connectivity index (χ2v) is 5.76. The van der Waals surface area contributed by atoms with Gasteiger partial charge >= 0.3 is 41.5 Å². The van der Waals surface area contributed by atoms with Crippen LogP contribution < -0.4 is 50.5 Å². The molecule has 0 unspecified atom stereocenters. The van der Waals surface area contributed by atoms with E-state index in [1.807, 2.05) is 0 Å². The minimum atomic E-state index is -1.11. The number of nitrogen functional groups attached to an aromatic ring is 2. The molecular weight excluding hydrogens is 462 g/mol. The minimum absolute atomic E-state index is 0. The summed E-state index contributed by atoms with van der Waals surface area (Å²) in [5.74, 6) is -0.838. The Labute approximate surface area is 214 Å². The summed E-state index contributed by atoms with van der Waals surface area (Å²) >= 11 is 11.5. The molecule has 0 radical (unpaired) electrons. The summed E-state index contributed by atoms with van der Waals surface area (Å²) in [5.41, 5.74) is 11.7. The van der Waals surface area contributed by atoms with Crippen LogP contribution >= 0.6 is 23.2 Å². The monoisotopic (exact) mass is 488 g/mol. The number of hydrogen-bond acceptors (Lipinski definition) is 8. The zero-order valence-corrected chi connectivity index (χ0v) is 19.7. The van der Waals surface area contributed by atoms with Crippen LogP contribution in [-0.4, -0.2) is 43.9 Å². The molecule has 31 heavy (non-hydrogen) atoms. The Balaban J connectivity index is -0.000000209. The number of rotatable bonds is 4. The number of carbonyl (C=O) groups is 2. The van der Waals surface area contributed by atoms with Crippen LogP contribution in [0.4, 0.5) is 11.4 Å². The van der Waals surface area contributed by atoms with E-state index in [1.54, 1.807) is 0 Å². The molecule has 0 aliphatic carbocycles. The first-order chi connectivity index (χ1) is 12.7. The molecule has 0 spiro atoms. The van der Waals surface area contributed by atoms with Crippen LogP contribution in [0.3, 0.4) is 0 Å². The summed E-state index contributed by atoms with van der Waals surface area (Å²) < 4.78 is 14.3. The summed E-state index contributed by atoms with van der Waals surface area (Å²) in [6.07, 6.45) is 0. The Morgan fingerprint density at radius 2 is 1.19 bits per heavy atom. The summed E-state index contributed by atoms with van der Waals surface area (Å²) in [4.78, 5) is 21.8. The third-order valence-corrected chi connectivity index (χ3v) is 3.87. The SMILES string of the molecule is C.C.COC(=O)c1cc(Cl)c(OC)cc1N.COc1cc(N)c(C(=O)O)cc1Cl.[Na+].[OH-]. The van der Waals surface area contributed by atoms with E-state index in [-0.39, 0.29) is 77.4 Å². The van der Waals surface area contributed by atoms with Crippen LogP contribution in [0.25, 0.3) is 0 Å². The van der Waals surface area contributed by atoms with Crippen LogP contribution in [-0.2, 0) is 4.74 Å². The number of nitrogens with two attached hydrogens (primary N) is 2. The fourth-order valence-corrected chi connectivity index (χ4v) is 2.40. The minimum Gasteiger partial charge on any atom is -0.870 e. The van der Waals surface area contributed by atoms with Gasteiger partial charge in [-0.05, 0) is 12.1 Å². The number of carboxylic acids is 1. The average Bonchev–Trinajstić information content (AvgIpc) is 2.64. The maximum absolute atomic E-state index is 11.2. The number of esters is 1. The van der Waals surface area contributed by atoms with Crippen LogP contribution in [0.15, 0.2) is 24.3 Å². The van der Waals surface area contributed by atoms with Gasteiger partial charge in [0, 0.05) is 23.5 Å². The van der Waals surface area contributed by atoms with Gasteiger partial charge in [0.05, 0.1) is 42.5 Å². The Morgan fingerprint density at radius 3 is 1.52 bits per heavy atom. The quantitative estimate of drug-likeness (QED) is 0.328. The van der Waals surface area contributed by atoms with Crippen molar-refractivity contribution in [2.75, 3.05) is 32.8 Å². The molecule has 0 amide bonds. The standard InChI is InChI=1S/C9H10ClNO3.C8H8ClNO3.2CH4.Na.H2O/c1-13-8-4-7(11)5(3-6(8)10)9(12)14-2;1-13-7-3-6(10)4(8(11)12)2-5(7)9;;;;/h3-4H,11H2,1-2H3;2-3H,10H2,1H3,(H,11,12);2*1H4;;1H2/q;;;;+1;/p-1. The third-order valence-electron chi connectivity index (χ3n) is 3.28. The smallest absolute Gasteiger partial charge is 0.870 e. The van der Waals surface area contributed by atoms with Crippen LogP contribution in [0.2, 0.25) is 10.0 Å². The van der Waals surface area contributed by atoms with Crippen LogP contribution in [0.5, 0.6) is 11.5 Å². The van der Waals surface area contributed by atoms with E-state index < -0.39 is 11.9 Å². The van der Waals surface area contributed by atoms with Crippen molar-refractivity contribution in [2.24, 2.45) is 0 Å². The summed E-state index contributed by atoms with van der Waals surface area (Å²) in [6, 6.07) is 5.54. The molecule has 12 heteroatoms. The molecule has 0 atom stereocenters. The number of aromatic carboxylic acids is 1. The van der Waals surface area contributed by atoms with Crippen molar-refractivity contribution in [2.45, 2.75) is 14.9 Å². The maximum atomic E-state index is 11.2. The molecule has 2 aromatic carbocycles. The van der Waals surface area contributed by atoms with Gasteiger partial charge in [0.25, 0.3) is 0 Å². The Bertz CT molecular complexity index is 868. The van der Waals surface area contributed by atoms with Gasteiger partial charge in [0.1, 0.15) is 11.5 Å². The number of benzene rings is 2. The number of halogens is 2. The molecule has 0 aliphatic rings. The number of hydrogen-bond donors (Lipinski definition) is 3. The van der Waals surface area contributed by atoms with Crippen LogP contribution in [0.1, 0.15) is 35.6 Å². The number of carbonyl (C=O) groups excluding carboxylic acids is 1. The molecule has 6 N–H and O–H groups in total. The molecule has 0 fully saturated rings. The molecule has 2 rings (SSSR count). The van der Waals surface area contributed by atoms with Crippen molar-refractivity contribution in [1.29, 1.82) is 0 Å². The molecule has 0 saturated heterocycles. The van der Waals surface area contributed by atoms with Crippen molar-refractivity contribution in [3.63, 3.8) is 0 Å². The average molecular weight is 489 g/mol. The second-order valence-electron chi connectivity index (χ2n) is 4.94. The second kappa shape index (κ2) is 16.8. The van der Waals surface area contributed by atoms with E-state index in [0.717, 1.165) is 0 Å². The van der Waals surface area contributed by atoms with Gasteiger partial charge in [0.15, 0.2) is 0 Å². The van der Waals surface area contributed by atoms with E-state index in [4.69, 9.17) is 49.2 Å². The first-order valence-corrected chi connectivity index (χ1v) is 7.99. The number of ether oxygens (including phenoxy) is 3. The normalized spacial score (nSPS) is 8.42. The predicted octanol–water partition coefficient (Wildman–Crippen LogP) is 1.45. The molecule has 0 heterocycles. The third kappa shape index (κ3) is 9.86. The van der Waals surface area contributed by atoms with Crippen molar-refractivity contribution in [3.8, 4) is 11.5 Å². The fourth-order valence-electron chi connectivity index (χ4n) is 1.92. The first-order valence-electron chi connectivity index (χ1n) is 7.23. The summed E-state index contributed by atoms with van der Waals surface area (Å²) in [5, 5.41) is 9.23. The van der Waals surface area contributed by atoms with E-state index in [9.17, 15) is 9.59 Å². The molecule has 0 bridgehead atoms. The van der Waals surface area contributed by atoms with Crippen LogP contribution in [0, 0.1) is 0 Å². The van der Waals surface area contributed by atoms with E-state index in [1.165, 1.54) is 45.6 Å². The molecule has 9 nitrogen and oxygen atoms in total. The number of carboxylic acid groups (broad SMARTS) is 1. The fraction of sp³-hybridized carbons (Fsp3) is 0.263. The van der Waals surface area contributed by atoms with Gasteiger partial charge in [-0.25, -0.2) is 9.59 Å². The maximum Gasteiger partial charge on any atom is 1.00 e. The van der Waals surface area contributed by atoms with Gasteiger partial charge < -0.3 is 36.3 Å². The summed E-state index contributed by atoms with van der Waals surface area (Å²) in [7, 11) is 4.18. The van der Waals surface area contributed by atoms with Gasteiger partial charge in [0.2, 0.25) is 0 Å². The van der Waals surface area contributed by atoms with Gasteiger partial charge in [-0.1, -0.05) is 38.1 Å². The molecular formula is C19H27Cl2N2NaO7. The topological polar surface area (TPSA) is 164 Å². The Morgan fingerprint density at radius 1 is 0.839 bits per heavy atom. The molecule has 0 saturated carbocycles. The van der Waals surface area contributed by atoms with Crippen molar-refractivity contribution >= 4 is 46.5 Å². The first kappa shape index (κ1) is 36.5. The zero-order valence-electron chi connectivity index (χ0n) is 16.2.